The molecule has 186 valence electrons. The fourth-order valence-electron chi connectivity index (χ4n) is 5.28. The molecular weight excluding hydrogens is 444 g/mol. The number of benzene rings is 2. The summed E-state index contributed by atoms with van der Waals surface area (Å²) in [6.07, 6.45) is 4.37. The molecule has 0 saturated heterocycles. The van der Waals surface area contributed by atoms with Gasteiger partial charge in [-0.05, 0) is 35.1 Å². The maximum absolute atomic E-state index is 12.6. The summed E-state index contributed by atoms with van der Waals surface area (Å²) in [4.78, 5) is 36.9. The first kappa shape index (κ1) is 24.8. The van der Waals surface area contributed by atoms with Gasteiger partial charge in [-0.25, -0.2) is 4.79 Å². The maximum atomic E-state index is 12.6. The van der Waals surface area contributed by atoms with Gasteiger partial charge in [0.05, 0.1) is 11.3 Å². The lowest BCUT2D eigenvalue weighted by molar-refractivity contribution is -0.150. The molecule has 2 amide bonds. The topological polar surface area (TPSA) is 105 Å². The van der Waals surface area contributed by atoms with E-state index in [-0.39, 0.29) is 31.5 Å². The molecule has 1 atom stereocenters. The SMILES string of the molecule is CC(CNC(=O)OCC1c2ccccc2-c2ccccc21)C(=O)NCC1(C(=O)O)CCCCCC1. The monoisotopic (exact) mass is 478 g/mol. The van der Waals surface area contributed by atoms with Crippen LogP contribution in [0.4, 0.5) is 4.79 Å². The van der Waals surface area contributed by atoms with Crippen LogP contribution in [0.3, 0.4) is 0 Å². The fraction of sp³-hybridized carbons (Fsp3) is 0.464. The van der Waals surface area contributed by atoms with Gasteiger partial charge in [-0.2, -0.15) is 0 Å². The van der Waals surface area contributed by atoms with E-state index < -0.39 is 23.4 Å². The second-order valence-corrected chi connectivity index (χ2v) is 9.82. The summed E-state index contributed by atoms with van der Waals surface area (Å²) in [5, 5.41) is 15.3. The van der Waals surface area contributed by atoms with E-state index in [1.165, 1.54) is 0 Å². The van der Waals surface area contributed by atoms with E-state index in [9.17, 15) is 19.5 Å². The Balaban J connectivity index is 1.26. The first-order valence-corrected chi connectivity index (χ1v) is 12.5. The number of fused-ring (bicyclic) bond motifs is 3. The van der Waals surface area contributed by atoms with Crippen LogP contribution in [0.1, 0.15) is 62.5 Å². The molecule has 2 aliphatic rings. The lowest BCUT2D eigenvalue weighted by Crippen LogP contribution is -2.45. The van der Waals surface area contributed by atoms with Crippen molar-refractivity contribution in [1.29, 1.82) is 0 Å². The van der Waals surface area contributed by atoms with Crippen LogP contribution in [-0.2, 0) is 14.3 Å². The molecule has 3 N–H and O–H groups in total. The van der Waals surface area contributed by atoms with E-state index in [1.54, 1.807) is 6.92 Å². The molecular formula is C28H34N2O5. The number of ether oxygens (including phenoxy) is 1. The molecule has 1 unspecified atom stereocenters. The lowest BCUT2D eigenvalue weighted by Gasteiger charge is -2.28. The Morgan fingerprint density at radius 3 is 2.09 bits per heavy atom. The number of carbonyl (C=O) groups excluding carboxylic acids is 2. The van der Waals surface area contributed by atoms with Gasteiger partial charge in [0.2, 0.25) is 5.91 Å². The van der Waals surface area contributed by atoms with E-state index in [0.717, 1.165) is 47.9 Å². The van der Waals surface area contributed by atoms with Gasteiger partial charge in [0, 0.05) is 19.0 Å². The van der Waals surface area contributed by atoms with Gasteiger partial charge in [0.15, 0.2) is 0 Å². The molecule has 0 radical (unpaired) electrons. The van der Waals surface area contributed by atoms with Crippen LogP contribution in [0.5, 0.6) is 0 Å². The number of carboxylic acids is 1. The molecule has 0 heterocycles. The molecule has 0 spiro atoms. The van der Waals surface area contributed by atoms with Crippen molar-refractivity contribution in [1.82, 2.24) is 10.6 Å². The Hall–Kier alpha value is -3.35. The molecule has 7 nitrogen and oxygen atoms in total. The van der Waals surface area contributed by atoms with Crippen molar-refractivity contribution in [2.45, 2.75) is 51.4 Å². The maximum Gasteiger partial charge on any atom is 0.407 e. The molecule has 35 heavy (non-hydrogen) atoms. The first-order valence-electron chi connectivity index (χ1n) is 12.5. The molecule has 2 aromatic carbocycles. The Morgan fingerprint density at radius 1 is 0.943 bits per heavy atom. The van der Waals surface area contributed by atoms with E-state index in [0.29, 0.717) is 12.8 Å². The van der Waals surface area contributed by atoms with Gasteiger partial charge in [-0.15, -0.1) is 0 Å². The predicted octanol–water partition coefficient (Wildman–Crippen LogP) is 4.70. The zero-order valence-corrected chi connectivity index (χ0v) is 20.2. The minimum Gasteiger partial charge on any atom is -0.481 e. The normalized spacial score (nSPS) is 17.4. The third kappa shape index (κ3) is 5.50. The molecule has 7 heteroatoms. The lowest BCUT2D eigenvalue weighted by atomic mass is 9.80. The molecule has 1 fully saturated rings. The minimum absolute atomic E-state index is 0.0272. The summed E-state index contributed by atoms with van der Waals surface area (Å²) in [6.45, 7) is 2.15. The van der Waals surface area contributed by atoms with Crippen LogP contribution in [0.2, 0.25) is 0 Å². The van der Waals surface area contributed by atoms with Gasteiger partial charge in [0.25, 0.3) is 0 Å². The van der Waals surface area contributed by atoms with E-state index in [2.05, 4.69) is 34.9 Å². The van der Waals surface area contributed by atoms with Crippen LogP contribution in [-0.4, -0.2) is 42.8 Å². The van der Waals surface area contributed by atoms with E-state index >= 15 is 0 Å². The van der Waals surface area contributed by atoms with E-state index in [4.69, 9.17) is 4.74 Å². The van der Waals surface area contributed by atoms with Crippen LogP contribution in [0.25, 0.3) is 11.1 Å². The molecule has 2 aliphatic carbocycles. The standard InChI is InChI=1S/C28H34N2O5/c1-19(25(31)30-18-28(26(32)33)14-8-2-3-9-15-28)16-29-27(34)35-17-24-22-12-6-4-10-20(22)21-11-5-7-13-23(21)24/h4-7,10-13,19,24H,2-3,8-9,14-18H2,1H3,(H,29,34)(H,30,31)(H,32,33). The van der Waals surface area contributed by atoms with Crippen molar-refractivity contribution in [3.05, 3.63) is 59.7 Å². The van der Waals surface area contributed by atoms with E-state index in [1.807, 2.05) is 24.3 Å². The number of carbonyl (C=O) groups is 3. The van der Waals surface area contributed by atoms with Gasteiger partial charge in [0.1, 0.15) is 6.61 Å². The van der Waals surface area contributed by atoms with Crippen LogP contribution in [0.15, 0.2) is 48.5 Å². The number of amides is 2. The summed E-state index contributed by atoms with van der Waals surface area (Å²) in [5.41, 5.74) is 3.71. The Bertz CT molecular complexity index is 1030. The van der Waals surface area contributed by atoms with Crippen molar-refractivity contribution in [2.75, 3.05) is 19.7 Å². The Kier molecular flexibility index (Phi) is 7.73. The average molecular weight is 479 g/mol. The summed E-state index contributed by atoms with van der Waals surface area (Å²) >= 11 is 0. The highest BCUT2D eigenvalue weighted by atomic mass is 16.5. The summed E-state index contributed by atoms with van der Waals surface area (Å²) < 4.78 is 5.53. The molecule has 4 rings (SSSR count). The summed E-state index contributed by atoms with van der Waals surface area (Å²) in [7, 11) is 0. The van der Waals surface area contributed by atoms with Crippen LogP contribution < -0.4 is 10.6 Å². The third-order valence-electron chi connectivity index (χ3n) is 7.46. The molecule has 0 aliphatic heterocycles. The zero-order valence-electron chi connectivity index (χ0n) is 20.2. The minimum atomic E-state index is -0.897. The second-order valence-electron chi connectivity index (χ2n) is 9.82. The first-order chi connectivity index (χ1) is 16.9. The fourth-order valence-corrected chi connectivity index (χ4v) is 5.28. The van der Waals surface area contributed by atoms with Crippen molar-refractivity contribution in [3.63, 3.8) is 0 Å². The van der Waals surface area contributed by atoms with Gasteiger partial charge in [-0.3, -0.25) is 9.59 Å². The number of carboxylic acid groups (broad SMARTS) is 1. The molecule has 1 saturated carbocycles. The number of hydrogen-bond donors (Lipinski definition) is 3. The number of nitrogens with one attached hydrogen (secondary N) is 2. The third-order valence-corrected chi connectivity index (χ3v) is 7.46. The van der Waals surface area contributed by atoms with Crippen LogP contribution in [0, 0.1) is 11.3 Å². The molecule has 0 bridgehead atoms. The summed E-state index contributed by atoms with van der Waals surface area (Å²) in [6, 6.07) is 16.3. The number of aliphatic carboxylic acids is 1. The molecule has 2 aromatic rings. The highest BCUT2D eigenvalue weighted by Crippen LogP contribution is 2.44. The highest BCUT2D eigenvalue weighted by molar-refractivity contribution is 5.81. The number of hydrogen-bond acceptors (Lipinski definition) is 4. The van der Waals surface area contributed by atoms with Gasteiger partial charge in [-0.1, -0.05) is 81.1 Å². The van der Waals surface area contributed by atoms with Crippen molar-refractivity contribution < 1.29 is 24.2 Å². The number of alkyl carbamates (subject to hydrolysis) is 1. The zero-order chi connectivity index (χ0) is 24.8. The predicted molar refractivity (Wildman–Crippen MR) is 133 cm³/mol. The van der Waals surface area contributed by atoms with Crippen molar-refractivity contribution in [3.8, 4) is 11.1 Å². The molecule has 0 aromatic heterocycles. The quantitative estimate of drug-likeness (QED) is 0.477. The highest BCUT2D eigenvalue weighted by Gasteiger charge is 2.39. The van der Waals surface area contributed by atoms with Crippen molar-refractivity contribution >= 4 is 18.0 Å². The largest absolute Gasteiger partial charge is 0.481 e. The number of rotatable bonds is 8. The smallest absolute Gasteiger partial charge is 0.407 e. The second kappa shape index (κ2) is 10.9. The van der Waals surface area contributed by atoms with Gasteiger partial charge >= 0.3 is 12.1 Å². The Morgan fingerprint density at radius 2 is 1.51 bits per heavy atom. The Labute approximate surface area is 206 Å². The average Bonchev–Trinajstić information content (AvgIpc) is 3.00. The van der Waals surface area contributed by atoms with Crippen LogP contribution >= 0.6 is 0 Å². The summed E-state index contributed by atoms with van der Waals surface area (Å²) in [5.74, 6) is -1.65. The van der Waals surface area contributed by atoms with Gasteiger partial charge < -0.3 is 20.5 Å². The van der Waals surface area contributed by atoms with Crippen molar-refractivity contribution in [2.24, 2.45) is 11.3 Å².